The predicted molar refractivity (Wildman–Crippen MR) is 99.5 cm³/mol. The first-order valence-electron chi connectivity index (χ1n) is 8.86. The van der Waals surface area contributed by atoms with Crippen molar-refractivity contribution >= 4 is 39.5 Å². The van der Waals surface area contributed by atoms with Crippen molar-refractivity contribution in [1.82, 2.24) is 0 Å². The number of hydrogen-bond donors (Lipinski definition) is 0. The van der Waals surface area contributed by atoms with Crippen LogP contribution in [0.3, 0.4) is 0 Å². The molecule has 0 bridgehead atoms. The SMILES string of the molecule is CCCCOC1C(OCCCC)[C@@H](Br)OC(C(=O)OC)[C@H]1OC(=O)CCl. The molecule has 0 N–H and O–H groups in total. The number of unbranched alkanes of at least 4 members (excludes halogenated alkanes) is 2. The Balaban J connectivity index is 3.05. The first-order chi connectivity index (χ1) is 12.5. The molecule has 0 aromatic rings. The van der Waals surface area contributed by atoms with E-state index in [-0.39, 0.29) is 5.88 Å². The summed E-state index contributed by atoms with van der Waals surface area (Å²) < 4.78 is 27.7. The lowest BCUT2D eigenvalue weighted by Gasteiger charge is -2.43. The minimum Gasteiger partial charge on any atom is -0.467 e. The van der Waals surface area contributed by atoms with Gasteiger partial charge >= 0.3 is 11.9 Å². The van der Waals surface area contributed by atoms with Crippen LogP contribution in [0.4, 0.5) is 0 Å². The number of methoxy groups -OCH3 is 1. The Morgan fingerprint density at radius 1 is 1.04 bits per heavy atom. The van der Waals surface area contributed by atoms with Crippen molar-refractivity contribution in [2.75, 3.05) is 26.2 Å². The highest BCUT2D eigenvalue weighted by Gasteiger charge is 2.51. The fourth-order valence-electron chi connectivity index (χ4n) is 2.51. The van der Waals surface area contributed by atoms with Crippen molar-refractivity contribution in [3.05, 3.63) is 0 Å². The maximum atomic E-state index is 12.1. The highest BCUT2D eigenvalue weighted by molar-refractivity contribution is 9.09. The van der Waals surface area contributed by atoms with E-state index in [4.69, 9.17) is 35.3 Å². The van der Waals surface area contributed by atoms with Crippen LogP contribution in [0.1, 0.15) is 39.5 Å². The molecule has 0 saturated carbocycles. The van der Waals surface area contributed by atoms with E-state index in [1.165, 1.54) is 7.11 Å². The fraction of sp³-hybridized carbons (Fsp3) is 0.882. The lowest BCUT2D eigenvalue weighted by Crippen LogP contribution is -2.61. The summed E-state index contributed by atoms with van der Waals surface area (Å²) in [6.07, 6.45) is 0.224. The third-order valence-electron chi connectivity index (χ3n) is 3.91. The van der Waals surface area contributed by atoms with E-state index in [2.05, 4.69) is 22.9 Å². The number of esters is 2. The zero-order valence-electron chi connectivity index (χ0n) is 15.5. The molecule has 0 amide bonds. The Hall–Kier alpha value is -0.410. The normalized spacial score (nSPS) is 28.6. The van der Waals surface area contributed by atoms with E-state index >= 15 is 0 Å². The molecule has 1 aliphatic rings. The molecule has 7 nitrogen and oxygen atoms in total. The number of alkyl halides is 2. The lowest BCUT2D eigenvalue weighted by atomic mass is 9.99. The van der Waals surface area contributed by atoms with Crippen molar-refractivity contribution in [3.63, 3.8) is 0 Å². The maximum Gasteiger partial charge on any atom is 0.339 e. The largest absolute Gasteiger partial charge is 0.467 e. The number of halogens is 2. The molecule has 0 aliphatic carbocycles. The molecule has 1 fully saturated rings. The van der Waals surface area contributed by atoms with Crippen molar-refractivity contribution < 1.29 is 33.3 Å². The van der Waals surface area contributed by atoms with E-state index < -0.39 is 41.4 Å². The van der Waals surface area contributed by atoms with Gasteiger partial charge in [-0.2, -0.15) is 0 Å². The Morgan fingerprint density at radius 2 is 1.62 bits per heavy atom. The quantitative estimate of drug-likeness (QED) is 0.267. The van der Waals surface area contributed by atoms with Crippen LogP contribution >= 0.6 is 27.5 Å². The van der Waals surface area contributed by atoms with Crippen molar-refractivity contribution in [2.24, 2.45) is 0 Å². The van der Waals surface area contributed by atoms with Gasteiger partial charge in [0.25, 0.3) is 0 Å². The molecule has 0 spiro atoms. The van der Waals surface area contributed by atoms with Gasteiger partial charge in [0.1, 0.15) is 23.1 Å². The summed E-state index contributed by atoms with van der Waals surface area (Å²) in [4.78, 5) is 23.9. The van der Waals surface area contributed by atoms with E-state index in [0.29, 0.717) is 13.2 Å². The standard InChI is InChI=1S/C17H28BrClO7/c1-4-6-8-23-12-13(25-11(20)10-19)15(17(21)22-3)26-16(18)14(12)24-9-7-5-2/h12-16H,4-10H2,1-3H3/t12?,13-,14?,15?,16-/m0/s1. The molecule has 1 aliphatic heterocycles. The molecule has 1 saturated heterocycles. The average molecular weight is 460 g/mol. The third kappa shape index (κ3) is 6.96. The van der Waals surface area contributed by atoms with Gasteiger partial charge in [0.2, 0.25) is 0 Å². The number of carbonyl (C=O) groups excluding carboxylic acids is 2. The highest BCUT2D eigenvalue weighted by Crippen LogP contribution is 2.32. The molecule has 1 heterocycles. The molecular weight excluding hydrogens is 432 g/mol. The molecule has 0 aromatic carbocycles. The molecule has 1 rings (SSSR count). The zero-order chi connectivity index (χ0) is 19.5. The number of ether oxygens (including phenoxy) is 5. The second kappa shape index (κ2) is 12.9. The van der Waals surface area contributed by atoms with Gasteiger partial charge < -0.3 is 23.7 Å². The van der Waals surface area contributed by atoms with Crippen LogP contribution in [-0.2, 0) is 33.3 Å². The van der Waals surface area contributed by atoms with Gasteiger partial charge in [-0.3, -0.25) is 4.79 Å². The van der Waals surface area contributed by atoms with Crippen molar-refractivity contribution in [1.29, 1.82) is 0 Å². The van der Waals surface area contributed by atoms with E-state index in [0.717, 1.165) is 25.7 Å². The van der Waals surface area contributed by atoms with Crippen LogP contribution in [0.2, 0.25) is 0 Å². The summed E-state index contributed by atoms with van der Waals surface area (Å²) in [5, 5.41) is -0.610. The number of rotatable bonds is 11. The van der Waals surface area contributed by atoms with Gasteiger partial charge in [-0.1, -0.05) is 42.6 Å². The monoisotopic (exact) mass is 458 g/mol. The van der Waals surface area contributed by atoms with Crippen LogP contribution in [-0.4, -0.2) is 67.6 Å². The first-order valence-corrected chi connectivity index (χ1v) is 10.3. The summed E-state index contributed by atoms with van der Waals surface area (Å²) >= 11 is 8.96. The van der Waals surface area contributed by atoms with Gasteiger partial charge in [0.05, 0.1) is 7.11 Å². The van der Waals surface area contributed by atoms with Gasteiger partial charge in [-0.05, 0) is 12.8 Å². The number of hydrogen-bond acceptors (Lipinski definition) is 7. The Kier molecular flexibility index (Phi) is 11.7. The van der Waals surface area contributed by atoms with Gasteiger partial charge in [-0.15, -0.1) is 11.6 Å². The Labute approximate surface area is 168 Å². The van der Waals surface area contributed by atoms with Gasteiger partial charge in [-0.25, -0.2) is 4.79 Å². The highest BCUT2D eigenvalue weighted by atomic mass is 79.9. The smallest absolute Gasteiger partial charge is 0.339 e. The average Bonchev–Trinajstić information content (AvgIpc) is 2.64. The molecule has 152 valence electrons. The van der Waals surface area contributed by atoms with Crippen LogP contribution in [0.5, 0.6) is 0 Å². The van der Waals surface area contributed by atoms with Crippen LogP contribution in [0.15, 0.2) is 0 Å². The van der Waals surface area contributed by atoms with E-state index in [1.54, 1.807) is 0 Å². The Morgan fingerprint density at radius 3 is 2.12 bits per heavy atom. The van der Waals surface area contributed by atoms with E-state index in [1.807, 2.05) is 6.92 Å². The lowest BCUT2D eigenvalue weighted by molar-refractivity contribution is -0.238. The minimum absolute atomic E-state index is 0.342. The summed E-state index contributed by atoms with van der Waals surface area (Å²) in [6, 6.07) is 0. The van der Waals surface area contributed by atoms with Crippen molar-refractivity contribution in [3.8, 4) is 0 Å². The van der Waals surface area contributed by atoms with Crippen molar-refractivity contribution in [2.45, 2.75) is 69.0 Å². The van der Waals surface area contributed by atoms with Crippen LogP contribution in [0.25, 0.3) is 0 Å². The molecule has 0 radical (unpaired) electrons. The second-order valence-corrected chi connectivity index (χ2v) is 7.07. The minimum atomic E-state index is -1.13. The zero-order valence-corrected chi connectivity index (χ0v) is 17.8. The molecule has 9 heteroatoms. The topological polar surface area (TPSA) is 80.3 Å². The Bertz CT molecular complexity index is 437. The van der Waals surface area contributed by atoms with E-state index in [9.17, 15) is 9.59 Å². The predicted octanol–water partition coefficient (Wildman–Crippen LogP) is 2.80. The molecular formula is C17H28BrClO7. The number of carbonyl (C=O) groups is 2. The van der Waals surface area contributed by atoms with Crippen LogP contribution < -0.4 is 0 Å². The maximum absolute atomic E-state index is 12.1. The van der Waals surface area contributed by atoms with Gasteiger partial charge in [0.15, 0.2) is 12.2 Å². The molecule has 0 aromatic heterocycles. The first kappa shape index (κ1) is 23.6. The summed E-state index contributed by atoms with van der Waals surface area (Å²) in [6.45, 7) is 5.04. The summed E-state index contributed by atoms with van der Waals surface area (Å²) in [5.74, 6) is -1.66. The molecule has 3 unspecified atom stereocenters. The third-order valence-corrected chi connectivity index (χ3v) is 4.86. The van der Waals surface area contributed by atoms with Gasteiger partial charge in [0, 0.05) is 13.2 Å². The molecule has 26 heavy (non-hydrogen) atoms. The summed E-state index contributed by atoms with van der Waals surface area (Å²) in [7, 11) is 1.24. The molecule has 5 atom stereocenters. The van der Waals surface area contributed by atoms with Crippen LogP contribution in [0, 0.1) is 0 Å². The second-order valence-electron chi connectivity index (χ2n) is 5.90. The summed E-state index contributed by atoms with van der Waals surface area (Å²) in [5.41, 5.74) is 0. The fourth-order valence-corrected chi connectivity index (χ4v) is 3.26.